The predicted molar refractivity (Wildman–Crippen MR) is 75.4 cm³/mol. The Morgan fingerprint density at radius 3 is 2.31 bits per heavy atom. The third kappa shape index (κ3) is 7.00. The highest BCUT2D eigenvalue weighted by Gasteiger charge is 2.19. The molecule has 0 aromatic heterocycles. The fourth-order valence-corrected chi connectivity index (χ4v) is 6.64. The highest BCUT2D eigenvalue weighted by atomic mass is 127. The molecule has 0 saturated carbocycles. The van der Waals surface area contributed by atoms with E-state index in [1.165, 1.54) is 17.9 Å². The molecule has 1 unspecified atom stereocenters. The zero-order valence-corrected chi connectivity index (χ0v) is 12.4. The van der Waals surface area contributed by atoms with Gasteiger partial charge in [0.25, 0.3) is 0 Å². The Balaban J connectivity index is 0.000000145. The lowest BCUT2D eigenvalue weighted by Crippen LogP contribution is -1.99. The van der Waals surface area contributed by atoms with Crippen LogP contribution in [0, 0.1) is 0 Å². The van der Waals surface area contributed by atoms with Crippen LogP contribution in [0.15, 0.2) is 0 Å². The molecular formula is C7H12ClIOS3. The summed E-state index contributed by atoms with van der Waals surface area (Å²) in [4.78, 5) is 0. The van der Waals surface area contributed by atoms with Gasteiger partial charge in [0, 0.05) is 0 Å². The molecule has 0 aromatic rings. The smallest absolute Gasteiger partial charge is 0.105 e. The summed E-state index contributed by atoms with van der Waals surface area (Å²) >= 11 is 11.8. The van der Waals surface area contributed by atoms with Crippen LogP contribution in [0.3, 0.4) is 0 Å². The number of halogens is 2. The van der Waals surface area contributed by atoms with E-state index in [0.29, 0.717) is 12.0 Å². The van der Waals surface area contributed by atoms with Crippen molar-refractivity contribution in [2.75, 3.05) is 24.0 Å². The minimum atomic E-state index is 0.400. The maximum Gasteiger partial charge on any atom is 0.105 e. The lowest BCUT2D eigenvalue weighted by Gasteiger charge is -2.16. The van der Waals surface area contributed by atoms with Crippen LogP contribution in [0.5, 0.6) is 0 Å². The van der Waals surface area contributed by atoms with Gasteiger partial charge in [0.1, 0.15) is 3.91 Å². The zero-order chi connectivity index (χ0) is 9.52. The van der Waals surface area contributed by atoms with Crippen molar-refractivity contribution in [2.45, 2.75) is 16.4 Å². The molecule has 0 N–H and O–H groups in total. The first-order chi connectivity index (χ1) is 6.36. The van der Waals surface area contributed by atoms with Gasteiger partial charge in [0.05, 0.1) is 18.6 Å². The summed E-state index contributed by atoms with van der Waals surface area (Å²) < 4.78 is 5.55. The summed E-state index contributed by atoms with van der Waals surface area (Å²) in [5, 5.41) is 0. The first kappa shape index (κ1) is 13.1. The Hall–Kier alpha value is 2.03. The van der Waals surface area contributed by atoms with Crippen molar-refractivity contribution < 1.29 is 4.74 Å². The van der Waals surface area contributed by atoms with Crippen molar-refractivity contribution in [1.29, 1.82) is 0 Å². The van der Waals surface area contributed by atoms with E-state index in [1.54, 1.807) is 0 Å². The minimum absolute atomic E-state index is 0.400. The Morgan fingerprint density at radius 2 is 2.08 bits per heavy atom. The van der Waals surface area contributed by atoms with Crippen molar-refractivity contribution in [1.82, 2.24) is 0 Å². The molecule has 0 spiro atoms. The van der Waals surface area contributed by atoms with Crippen molar-refractivity contribution >= 4 is 65.3 Å². The van der Waals surface area contributed by atoms with E-state index in [4.69, 9.17) is 16.3 Å². The van der Waals surface area contributed by atoms with Crippen LogP contribution < -0.4 is 0 Å². The molecule has 2 aliphatic rings. The number of alkyl halides is 1. The van der Waals surface area contributed by atoms with Crippen LogP contribution in [-0.4, -0.2) is 34.0 Å². The minimum Gasteiger partial charge on any atom is -0.372 e. The van der Waals surface area contributed by atoms with Crippen molar-refractivity contribution in [3.63, 3.8) is 0 Å². The standard InChI is InChI=1S/C4H7IS3.C3H5ClO/c5-8-4-6-2-1-3-7-4;4-1-3-2-5-3/h4H,1-3H2;3H,1-2H2. The molecule has 1 nitrogen and oxygen atoms in total. The maximum absolute atomic E-state index is 5.27. The van der Waals surface area contributed by atoms with Gasteiger partial charge in [-0.25, -0.2) is 0 Å². The Bertz CT molecular complexity index is 131. The normalized spacial score (nSPS) is 27.7. The van der Waals surface area contributed by atoms with Crippen LogP contribution in [0.2, 0.25) is 0 Å². The lowest BCUT2D eigenvalue weighted by atomic mass is 10.6. The Morgan fingerprint density at radius 1 is 1.46 bits per heavy atom. The van der Waals surface area contributed by atoms with Gasteiger partial charge in [-0.15, -0.1) is 35.1 Å². The molecule has 0 aromatic carbocycles. The van der Waals surface area contributed by atoms with Crippen molar-refractivity contribution in [2.24, 2.45) is 0 Å². The number of hydrogen-bond acceptors (Lipinski definition) is 4. The van der Waals surface area contributed by atoms with Gasteiger partial charge in [-0.2, -0.15) is 0 Å². The van der Waals surface area contributed by atoms with E-state index in [0.717, 1.165) is 10.5 Å². The molecule has 1 atom stereocenters. The lowest BCUT2D eigenvalue weighted by molar-refractivity contribution is 0.425. The van der Waals surface area contributed by atoms with E-state index in [2.05, 4.69) is 44.7 Å². The second-order valence-corrected chi connectivity index (χ2v) is 8.39. The summed E-state index contributed by atoms with van der Waals surface area (Å²) in [6, 6.07) is 0. The molecule has 2 rings (SSSR count). The Labute approximate surface area is 109 Å². The topological polar surface area (TPSA) is 12.5 Å². The SMILES string of the molecule is ClCC1CO1.ISC1SCCCS1. The molecule has 0 aliphatic carbocycles. The van der Waals surface area contributed by atoms with Crippen LogP contribution in [0.25, 0.3) is 0 Å². The number of rotatable bonds is 2. The molecular weight excluding hydrogens is 359 g/mol. The average Bonchev–Trinajstić information content (AvgIpc) is 3.03. The number of ether oxygens (including phenoxy) is 1. The summed E-state index contributed by atoms with van der Waals surface area (Å²) in [6.45, 7) is 0.878. The van der Waals surface area contributed by atoms with Crippen molar-refractivity contribution in [3.05, 3.63) is 0 Å². The first-order valence-corrected chi connectivity index (χ1v) is 10.1. The highest BCUT2D eigenvalue weighted by molar-refractivity contribution is 14.2. The Kier molecular flexibility index (Phi) is 8.27. The van der Waals surface area contributed by atoms with E-state index in [9.17, 15) is 0 Å². The number of hydrogen-bond donors (Lipinski definition) is 0. The van der Waals surface area contributed by atoms with Crippen molar-refractivity contribution in [3.8, 4) is 0 Å². The second kappa shape index (κ2) is 8.21. The van der Waals surface area contributed by atoms with Crippen LogP contribution in [0.4, 0.5) is 0 Å². The molecule has 78 valence electrons. The van der Waals surface area contributed by atoms with Crippen LogP contribution in [-0.2, 0) is 4.74 Å². The van der Waals surface area contributed by atoms with Gasteiger partial charge >= 0.3 is 0 Å². The molecule has 13 heavy (non-hydrogen) atoms. The van der Waals surface area contributed by atoms with Crippen LogP contribution in [0.1, 0.15) is 6.42 Å². The monoisotopic (exact) mass is 370 g/mol. The van der Waals surface area contributed by atoms with E-state index >= 15 is 0 Å². The average molecular weight is 371 g/mol. The fraction of sp³-hybridized carbons (Fsp3) is 1.00. The fourth-order valence-electron chi connectivity index (χ4n) is 0.675. The molecule has 2 fully saturated rings. The van der Waals surface area contributed by atoms with Gasteiger partial charge < -0.3 is 4.74 Å². The third-order valence-electron chi connectivity index (χ3n) is 1.44. The number of epoxide rings is 1. The second-order valence-electron chi connectivity index (χ2n) is 2.58. The molecule has 0 amide bonds. The largest absolute Gasteiger partial charge is 0.372 e. The molecule has 0 bridgehead atoms. The first-order valence-electron chi connectivity index (χ1n) is 4.05. The molecule has 0 radical (unpaired) electrons. The van der Waals surface area contributed by atoms with Gasteiger partial charge in [0.15, 0.2) is 0 Å². The quantitative estimate of drug-likeness (QED) is 0.416. The summed E-state index contributed by atoms with van der Waals surface area (Å²) in [5.41, 5.74) is 0. The van der Waals surface area contributed by atoms with E-state index in [1.807, 2.05) is 8.93 Å². The van der Waals surface area contributed by atoms with E-state index in [-0.39, 0.29) is 0 Å². The third-order valence-corrected chi connectivity index (χ3v) is 9.33. The molecule has 2 heterocycles. The van der Waals surface area contributed by atoms with Gasteiger partial charge in [-0.1, -0.05) is 8.93 Å². The van der Waals surface area contributed by atoms with Gasteiger partial charge in [0.2, 0.25) is 0 Å². The van der Waals surface area contributed by atoms with E-state index < -0.39 is 0 Å². The predicted octanol–water partition coefficient (Wildman–Crippen LogP) is 3.85. The maximum atomic E-state index is 5.27. The van der Waals surface area contributed by atoms with Gasteiger partial charge in [-0.05, 0) is 39.1 Å². The zero-order valence-electron chi connectivity index (χ0n) is 7.08. The summed E-state index contributed by atoms with van der Waals surface area (Å²) in [5.74, 6) is 3.40. The molecule has 2 saturated heterocycles. The number of thioether (sulfide) groups is 2. The van der Waals surface area contributed by atoms with Crippen LogP contribution >= 0.6 is 65.3 Å². The summed E-state index contributed by atoms with van der Waals surface area (Å²) in [7, 11) is 1.94. The molecule has 2 aliphatic heterocycles. The highest BCUT2D eigenvalue weighted by Crippen LogP contribution is 2.41. The molecule has 6 heteroatoms. The summed E-state index contributed by atoms with van der Waals surface area (Å²) in [6.07, 6.45) is 1.81. The van der Waals surface area contributed by atoms with Gasteiger partial charge in [-0.3, -0.25) is 0 Å².